The minimum atomic E-state index is -0.104. The van der Waals surface area contributed by atoms with E-state index in [2.05, 4.69) is 10.1 Å². The summed E-state index contributed by atoms with van der Waals surface area (Å²) in [5.74, 6) is 0.663. The molecule has 0 bridgehead atoms. The van der Waals surface area contributed by atoms with Crippen molar-refractivity contribution >= 4 is 18.4 Å². The number of methoxy groups -OCH3 is 1. The van der Waals surface area contributed by atoms with Gasteiger partial charge in [-0.2, -0.15) is 0 Å². The van der Waals surface area contributed by atoms with Crippen molar-refractivity contribution < 1.29 is 9.53 Å². The first-order chi connectivity index (χ1) is 4.81. The van der Waals surface area contributed by atoms with Crippen molar-refractivity contribution in [1.29, 1.82) is 0 Å². The molecular weight excluding hydrogens is 166 g/mol. The Kier molecular flexibility index (Phi) is 2.40. The van der Waals surface area contributed by atoms with E-state index in [1.54, 1.807) is 0 Å². The van der Waals surface area contributed by atoms with Crippen LogP contribution in [0.25, 0.3) is 0 Å². The van der Waals surface area contributed by atoms with Gasteiger partial charge in [0, 0.05) is 6.04 Å². The average Bonchev–Trinajstić information content (AvgIpc) is 2.57. The van der Waals surface area contributed by atoms with Gasteiger partial charge in [-0.3, -0.25) is 4.79 Å². The number of hydrogen-bond donors (Lipinski definition) is 1. The van der Waals surface area contributed by atoms with Crippen LogP contribution in [0.3, 0.4) is 0 Å². The monoisotopic (exact) mass is 177 g/mol. The van der Waals surface area contributed by atoms with Crippen LogP contribution in [0.15, 0.2) is 0 Å². The summed E-state index contributed by atoms with van der Waals surface area (Å²) in [5, 5.41) is 3.20. The van der Waals surface area contributed by atoms with Crippen molar-refractivity contribution in [3.05, 3.63) is 0 Å². The molecule has 3 atom stereocenters. The molecule has 2 fully saturated rings. The topological polar surface area (TPSA) is 38.3 Å². The molecule has 0 radical (unpaired) electrons. The number of ether oxygens (including phenoxy) is 1. The van der Waals surface area contributed by atoms with E-state index >= 15 is 0 Å². The number of carbonyl (C=O) groups excluding carboxylic acids is 1. The summed E-state index contributed by atoms with van der Waals surface area (Å²) in [6, 6.07) is 0.623. The fourth-order valence-corrected chi connectivity index (χ4v) is 1.65. The molecule has 2 aliphatic rings. The highest BCUT2D eigenvalue weighted by Gasteiger charge is 2.48. The van der Waals surface area contributed by atoms with Crippen molar-refractivity contribution in [2.75, 3.05) is 7.11 Å². The summed E-state index contributed by atoms with van der Waals surface area (Å²) in [7, 11) is 1.44. The molecule has 1 saturated carbocycles. The molecule has 64 valence electrons. The molecule has 1 heterocycles. The van der Waals surface area contributed by atoms with Gasteiger partial charge in [0.1, 0.15) is 6.04 Å². The van der Waals surface area contributed by atoms with Crippen molar-refractivity contribution in [2.24, 2.45) is 5.92 Å². The summed E-state index contributed by atoms with van der Waals surface area (Å²) in [4.78, 5) is 10.9. The Morgan fingerprint density at radius 1 is 1.55 bits per heavy atom. The Bertz CT molecular complexity index is 164. The third-order valence-corrected chi connectivity index (χ3v) is 2.36. The number of fused-ring (bicyclic) bond motifs is 1. The first kappa shape index (κ1) is 8.81. The summed E-state index contributed by atoms with van der Waals surface area (Å²) in [6.45, 7) is 0. The molecule has 4 heteroatoms. The predicted octanol–water partition coefficient (Wildman–Crippen LogP) is 0.332. The number of rotatable bonds is 1. The summed E-state index contributed by atoms with van der Waals surface area (Å²) < 4.78 is 4.60. The fourth-order valence-electron chi connectivity index (χ4n) is 1.65. The Hall–Kier alpha value is -0.280. The molecule has 3 nitrogen and oxygen atoms in total. The lowest BCUT2D eigenvalue weighted by Crippen LogP contribution is -2.34. The largest absolute Gasteiger partial charge is 0.468 e. The third-order valence-electron chi connectivity index (χ3n) is 2.36. The summed E-state index contributed by atoms with van der Waals surface area (Å²) in [5.41, 5.74) is 0. The standard InChI is InChI=1S/C7H11NO2.ClH/c1-10-7(9)6-3-4-2-5(4)8-6;/h4-6,8H,2-3H2,1H3;1H. The Labute approximate surface area is 71.9 Å². The molecule has 0 aromatic heterocycles. The first-order valence-electron chi connectivity index (χ1n) is 3.65. The van der Waals surface area contributed by atoms with E-state index in [0.717, 1.165) is 12.3 Å². The van der Waals surface area contributed by atoms with Crippen molar-refractivity contribution in [3.8, 4) is 0 Å². The van der Waals surface area contributed by atoms with E-state index < -0.39 is 0 Å². The molecule has 1 aliphatic heterocycles. The predicted molar refractivity (Wildman–Crippen MR) is 42.7 cm³/mol. The van der Waals surface area contributed by atoms with Crippen LogP contribution in [-0.2, 0) is 9.53 Å². The van der Waals surface area contributed by atoms with E-state index in [4.69, 9.17) is 0 Å². The zero-order valence-corrected chi connectivity index (χ0v) is 7.19. The SMILES string of the molecule is COC(=O)C1CC2CC2N1.Cl. The van der Waals surface area contributed by atoms with Crippen molar-refractivity contribution in [1.82, 2.24) is 5.32 Å². The second kappa shape index (κ2) is 2.99. The maximum atomic E-state index is 10.9. The van der Waals surface area contributed by atoms with E-state index in [1.165, 1.54) is 13.5 Å². The highest BCUT2D eigenvalue weighted by atomic mass is 35.5. The second-order valence-electron chi connectivity index (χ2n) is 3.08. The highest BCUT2D eigenvalue weighted by Crippen LogP contribution is 2.40. The molecule has 1 N–H and O–H groups in total. The van der Waals surface area contributed by atoms with E-state index in [-0.39, 0.29) is 24.4 Å². The molecule has 1 saturated heterocycles. The van der Waals surface area contributed by atoms with Gasteiger partial charge in [-0.15, -0.1) is 12.4 Å². The molecule has 0 amide bonds. The summed E-state index contributed by atoms with van der Waals surface area (Å²) in [6.07, 6.45) is 2.24. The average molecular weight is 178 g/mol. The smallest absolute Gasteiger partial charge is 0.322 e. The molecule has 0 spiro atoms. The molecule has 11 heavy (non-hydrogen) atoms. The Balaban J connectivity index is 0.000000605. The van der Waals surface area contributed by atoms with Crippen molar-refractivity contribution in [3.63, 3.8) is 0 Å². The van der Waals surface area contributed by atoms with Crippen LogP contribution in [-0.4, -0.2) is 25.2 Å². The zero-order valence-electron chi connectivity index (χ0n) is 6.37. The number of hydrogen-bond acceptors (Lipinski definition) is 3. The highest BCUT2D eigenvalue weighted by molar-refractivity contribution is 5.85. The summed E-state index contributed by atoms with van der Waals surface area (Å²) >= 11 is 0. The number of piperidine rings is 1. The fraction of sp³-hybridized carbons (Fsp3) is 0.857. The van der Waals surface area contributed by atoms with Gasteiger partial charge in [0.2, 0.25) is 0 Å². The van der Waals surface area contributed by atoms with Crippen LogP contribution >= 0.6 is 12.4 Å². The molecule has 0 aromatic rings. The minimum Gasteiger partial charge on any atom is -0.468 e. The molecule has 0 aromatic carbocycles. The van der Waals surface area contributed by atoms with Crippen LogP contribution in [0.5, 0.6) is 0 Å². The molecule has 2 rings (SSSR count). The van der Waals surface area contributed by atoms with Crippen LogP contribution in [0.2, 0.25) is 0 Å². The second-order valence-corrected chi connectivity index (χ2v) is 3.08. The van der Waals surface area contributed by atoms with Gasteiger partial charge in [-0.1, -0.05) is 0 Å². The number of nitrogens with one attached hydrogen (secondary N) is 1. The lowest BCUT2D eigenvalue weighted by molar-refractivity contribution is -0.142. The number of carbonyl (C=O) groups is 1. The van der Waals surface area contributed by atoms with Crippen LogP contribution in [0.1, 0.15) is 12.8 Å². The van der Waals surface area contributed by atoms with E-state index in [9.17, 15) is 4.79 Å². The van der Waals surface area contributed by atoms with Gasteiger partial charge in [0.05, 0.1) is 7.11 Å². The Morgan fingerprint density at radius 2 is 2.27 bits per heavy atom. The first-order valence-corrected chi connectivity index (χ1v) is 3.65. The van der Waals surface area contributed by atoms with Crippen LogP contribution < -0.4 is 5.32 Å². The normalized spacial score (nSPS) is 38.8. The maximum absolute atomic E-state index is 10.9. The van der Waals surface area contributed by atoms with Gasteiger partial charge in [-0.05, 0) is 18.8 Å². The Morgan fingerprint density at radius 3 is 2.73 bits per heavy atom. The van der Waals surface area contributed by atoms with Gasteiger partial charge >= 0.3 is 5.97 Å². The van der Waals surface area contributed by atoms with Crippen molar-refractivity contribution in [2.45, 2.75) is 24.9 Å². The van der Waals surface area contributed by atoms with Gasteiger partial charge in [0.15, 0.2) is 0 Å². The zero-order chi connectivity index (χ0) is 7.14. The van der Waals surface area contributed by atoms with E-state index in [1.807, 2.05) is 0 Å². The van der Waals surface area contributed by atoms with Crippen LogP contribution in [0.4, 0.5) is 0 Å². The lowest BCUT2D eigenvalue weighted by Gasteiger charge is -2.08. The molecule has 3 unspecified atom stereocenters. The molecule has 1 aliphatic carbocycles. The molecular formula is C7H12ClNO2. The minimum absolute atomic E-state index is 0. The number of halogens is 1. The maximum Gasteiger partial charge on any atom is 0.322 e. The third kappa shape index (κ3) is 1.49. The van der Waals surface area contributed by atoms with Crippen LogP contribution in [0, 0.1) is 5.92 Å². The lowest BCUT2D eigenvalue weighted by atomic mass is 10.2. The van der Waals surface area contributed by atoms with Gasteiger partial charge in [0.25, 0.3) is 0 Å². The van der Waals surface area contributed by atoms with E-state index in [0.29, 0.717) is 6.04 Å². The van der Waals surface area contributed by atoms with Gasteiger partial charge in [-0.25, -0.2) is 0 Å². The number of esters is 1. The quantitative estimate of drug-likeness (QED) is 0.587. The van der Waals surface area contributed by atoms with Gasteiger partial charge < -0.3 is 10.1 Å².